The number of rotatable bonds is 4. The highest BCUT2D eigenvalue weighted by molar-refractivity contribution is 7.99. The van der Waals surface area contributed by atoms with Crippen molar-refractivity contribution in [2.75, 3.05) is 20.6 Å². The molecule has 16 heavy (non-hydrogen) atoms. The quantitative estimate of drug-likeness (QED) is 0.827. The Bertz CT molecular complexity index is 431. The van der Waals surface area contributed by atoms with Gasteiger partial charge in [0.2, 0.25) is 0 Å². The summed E-state index contributed by atoms with van der Waals surface area (Å²) in [6.45, 7) is 3.28. The SMILES string of the molecule is CC(CN(C)C)Sc1nc2ccccc2[nH]1. The standard InChI is InChI=1S/C12H17N3S/c1-9(8-15(2)3)16-12-13-10-6-4-5-7-11(10)14-12/h4-7,9H,8H2,1-3H3,(H,13,14). The summed E-state index contributed by atoms with van der Waals surface area (Å²) in [6, 6.07) is 8.13. The molecular formula is C12H17N3S. The molecule has 1 atom stereocenters. The van der Waals surface area contributed by atoms with Gasteiger partial charge in [0.1, 0.15) is 0 Å². The van der Waals surface area contributed by atoms with Gasteiger partial charge in [0.15, 0.2) is 5.16 Å². The first-order valence-corrected chi connectivity index (χ1v) is 6.29. The van der Waals surface area contributed by atoms with Gasteiger partial charge in [0.25, 0.3) is 0 Å². The van der Waals surface area contributed by atoms with Crippen molar-refractivity contribution in [2.24, 2.45) is 0 Å². The molecule has 2 aromatic rings. The molecule has 0 saturated heterocycles. The summed E-state index contributed by atoms with van der Waals surface area (Å²) in [5.41, 5.74) is 2.16. The van der Waals surface area contributed by atoms with Gasteiger partial charge in [-0.2, -0.15) is 0 Å². The number of aromatic nitrogens is 2. The van der Waals surface area contributed by atoms with Crippen molar-refractivity contribution in [1.82, 2.24) is 14.9 Å². The first kappa shape index (κ1) is 11.5. The third kappa shape index (κ3) is 2.77. The zero-order valence-electron chi connectivity index (χ0n) is 9.90. The molecule has 0 saturated carbocycles. The summed E-state index contributed by atoms with van der Waals surface area (Å²) < 4.78 is 0. The Balaban J connectivity index is 2.09. The molecule has 1 heterocycles. The first-order chi connectivity index (χ1) is 7.65. The zero-order valence-corrected chi connectivity index (χ0v) is 10.7. The molecule has 1 unspecified atom stereocenters. The number of para-hydroxylation sites is 2. The van der Waals surface area contributed by atoms with Gasteiger partial charge in [-0.1, -0.05) is 30.8 Å². The van der Waals surface area contributed by atoms with E-state index in [4.69, 9.17) is 0 Å². The van der Waals surface area contributed by atoms with Crippen LogP contribution in [0.25, 0.3) is 11.0 Å². The van der Waals surface area contributed by atoms with E-state index in [1.807, 2.05) is 18.2 Å². The van der Waals surface area contributed by atoms with E-state index in [1.54, 1.807) is 11.8 Å². The van der Waals surface area contributed by atoms with E-state index in [9.17, 15) is 0 Å². The number of fused-ring (bicyclic) bond motifs is 1. The number of aromatic amines is 1. The van der Waals surface area contributed by atoms with Crippen molar-refractivity contribution in [3.05, 3.63) is 24.3 Å². The monoisotopic (exact) mass is 235 g/mol. The van der Waals surface area contributed by atoms with Crippen molar-refractivity contribution in [2.45, 2.75) is 17.3 Å². The Morgan fingerprint density at radius 3 is 2.81 bits per heavy atom. The highest BCUT2D eigenvalue weighted by Crippen LogP contribution is 2.23. The Hall–Kier alpha value is -1.00. The molecule has 1 N–H and O–H groups in total. The second-order valence-electron chi connectivity index (χ2n) is 4.25. The second-order valence-corrected chi connectivity index (χ2v) is 5.68. The van der Waals surface area contributed by atoms with Gasteiger partial charge in [0, 0.05) is 11.8 Å². The number of benzene rings is 1. The van der Waals surface area contributed by atoms with Crippen LogP contribution in [0.5, 0.6) is 0 Å². The fourth-order valence-corrected chi connectivity index (χ4v) is 2.80. The van der Waals surface area contributed by atoms with E-state index in [0.29, 0.717) is 5.25 Å². The van der Waals surface area contributed by atoms with Crippen molar-refractivity contribution in [3.63, 3.8) is 0 Å². The molecule has 0 radical (unpaired) electrons. The number of thioether (sulfide) groups is 1. The molecule has 0 aliphatic carbocycles. The summed E-state index contributed by atoms with van der Waals surface area (Å²) >= 11 is 1.79. The van der Waals surface area contributed by atoms with Gasteiger partial charge < -0.3 is 9.88 Å². The van der Waals surface area contributed by atoms with Gasteiger partial charge in [-0.05, 0) is 26.2 Å². The molecule has 1 aromatic heterocycles. The second kappa shape index (κ2) is 4.89. The molecule has 0 amide bonds. The van der Waals surface area contributed by atoms with Gasteiger partial charge in [-0.25, -0.2) is 4.98 Å². The maximum absolute atomic E-state index is 4.55. The van der Waals surface area contributed by atoms with Crippen LogP contribution in [0, 0.1) is 0 Å². The molecule has 4 heteroatoms. The van der Waals surface area contributed by atoms with E-state index >= 15 is 0 Å². The van der Waals surface area contributed by atoms with Gasteiger partial charge >= 0.3 is 0 Å². The van der Waals surface area contributed by atoms with Crippen LogP contribution < -0.4 is 0 Å². The van der Waals surface area contributed by atoms with Crippen molar-refractivity contribution < 1.29 is 0 Å². The molecular weight excluding hydrogens is 218 g/mol. The molecule has 86 valence electrons. The molecule has 0 aliphatic rings. The highest BCUT2D eigenvalue weighted by atomic mass is 32.2. The van der Waals surface area contributed by atoms with E-state index < -0.39 is 0 Å². The van der Waals surface area contributed by atoms with Crippen LogP contribution in [0.15, 0.2) is 29.4 Å². The Morgan fingerprint density at radius 1 is 1.38 bits per heavy atom. The minimum atomic E-state index is 0.538. The van der Waals surface area contributed by atoms with Gasteiger partial charge in [-0.15, -0.1) is 0 Å². The lowest BCUT2D eigenvalue weighted by Crippen LogP contribution is -2.21. The van der Waals surface area contributed by atoms with Crippen molar-refractivity contribution in [1.29, 1.82) is 0 Å². The number of hydrogen-bond acceptors (Lipinski definition) is 3. The third-order valence-corrected chi connectivity index (χ3v) is 3.27. The maximum atomic E-state index is 4.55. The zero-order chi connectivity index (χ0) is 11.5. The van der Waals surface area contributed by atoms with Crippen LogP contribution in [0.1, 0.15) is 6.92 Å². The van der Waals surface area contributed by atoms with Crippen LogP contribution in [-0.2, 0) is 0 Å². The molecule has 0 spiro atoms. The van der Waals surface area contributed by atoms with E-state index in [2.05, 4.69) is 42.0 Å². The summed E-state index contributed by atoms with van der Waals surface area (Å²) in [5.74, 6) is 0. The number of hydrogen-bond donors (Lipinski definition) is 1. The topological polar surface area (TPSA) is 31.9 Å². The van der Waals surface area contributed by atoms with Crippen LogP contribution in [0.2, 0.25) is 0 Å². The lowest BCUT2D eigenvalue weighted by Gasteiger charge is -2.14. The molecule has 3 nitrogen and oxygen atoms in total. The minimum absolute atomic E-state index is 0.538. The predicted molar refractivity (Wildman–Crippen MR) is 70.0 cm³/mol. The first-order valence-electron chi connectivity index (χ1n) is 5.41. The highest BCUT2D eigenvalue weighted by Gasteiger charge is 2.09. The lowest BCUT2D eigenvalue weighted by molar-refractivity contribution is 0.413. The lowest BCUT2D eigenvalue weighted by atomic mass is 10.3. The van der Waals surface area contributed by atoms with Gasteiger partial charge in [0.05, 0.1) is 11.0 Å². The normalized spacial score (nSPS) is 13.5. The van der Waals surface area contributed by atoms with E-state index in [1.165, 1.54) is 0 Å². The molecule has 0 bridgehead atoms. The molecule has 0 fully saturated rings. The van der Waals surface area contributed by atoms with Crippen molar-refractivity contribution in [3.8, 4) is 0 Å². The maximum Gasteiger partial charge on any atom is 0.166 e. The summed E-state index contributed by atoms with van der Waals surface area (Å²) in [7, 11) is 4.19. The van der Waals surface area contributed by atoms with Crippen molar-refractivity contribution >= 4 is 22.8 Å². The van der Waals surface area contributed by atoms with E-state index in [-0.39, 0.29) is 0 Å². The van der Waals surface area contributed by atoms with E-state index in [0.717, 1.165) is 22.7 Å². The van der Waals surface area contributed by atoms with Crippen LogP contribution in [0.3, 0.4) is 0 Å². The number of nitrogens with zero attached hydrogens (tertiary/aromatic N) is 2. The van der Waals surface area contributed by atoms with Crippen LogP contribution in [-0.4, -0.2) is 40.8 Å². The van der Waals surface area contributed by atoms with Gasteiger partial charge in [-0.3, -0.25) is 0 Å². The average Bonchev–Trinajstić information content (AvgIpc) is 2.57. The average molecular weight is 235 g/mol. The van der Waals surface area contributed by atoms with Crippen LogP contribution in [0.4, 0.5) is 0 Å². The summed E-state index contributed by atoms with van der Waals surface area (Å²) in [5, 5.41) is 1.55. The van der Waals surface area contributed by atoms with Crippen LogP contribution >= 0.6 is 11.8 Å². The number of H-pyrrole nitrogens is 1. The smallest absolute Gasteiger partial charge is 0.166 e. The third-order valence-electron chi connectivity index (χ3n) is 2.30. The summed E-state index contributed by atoms with van der Waals surface area (Å²) in [6.07, 6.45) is 0. The Morgan fingerprint density at radius 2 is 2.12 bits per heavy atom. The predicted octanol–water partition coefficient (Wildman–Crippen LogP) is 2.61. The fraction of sp³-hybridized carbons (Fsp3) is 0.417. The number of imidazole rings is 1. The summed E-state index contributed by atoms with van der Waals surface area (Å²) in [4.78, 5) is 10.1. The largest absolute Gasteiger partial charge is 0.333 e. The molecule has 0 aliphatic heterocycles. The fourth-order valence-electron chi connectivity index (χ4n) is 1.73. The molecule has 1 aromatic carbocycles. The Labute approximate surface area is 100 Å². The molecule has 2 rings (SSSR count). The minimum Gasteiger partial charge on any atom is -0.333 e. The Kier molecular flexibility index (Phi) is 3.51. The number of nitrogens with one attached hydrogen (secondary N) is 1.